The van der Waals surface area contributed by atoms with Crippen molar-refractivity contribution < 1.29 is 24.1 Å². The Labute approximate surface area is 156 Å². The molecule has 3 aliphatic carbocycles. The fourth-order valence-corrected chi connectivity index (χ4v) is 6.38. The van der Waals surface area contributed by atoms with Crippen LogP contribution in [0.3, 0.4) is 0 Å². The molecule has 1 saturated heterocycles. The van der Waals surface area contributed by atoms with Gasteiger partial charge in [0.15, 0.2) is 0 Å². The Morgan fingerprint density at radius 1 is 1.31 bits per heavy atom. The molecule has 0 radical (unpaired) electrons. The Bertz CT molecular complexity index is 616. The molecule has 1 heterocycles. The molecule has 3 fully saturated rings. The summed E-state index contributed by atoms with van der Waals surface area (Å²) in [5.74, 6) is 0.160. The zero-order chi connectivity index (χ0) is 18.7. The van der Waals surface area contributed by atoms with Gasteiger partial charge in [-0.3, -0.25) is 4.79 Å². The van der Waals surface area contributed by atoms with E-state index in [0.29, 0.717) is 12.5 Å². The maximum Gasteiger partial charge on any atom is 0.302 e. The third-order valence-electron chi connectivity index (χ3n) is 7.91. The lowest BCUT2D eigenvalue weighted by atomic mass is 9.54. The quantitative estimate of drug-likeness (QED) is 0.603. The molecule has 0 aromatic heterocycles. The molecule has 26 heavy (non-hydrogen) atoms. The number of methoxy groups -OCH3 is 1. The first-order valence-corrected chi connectivity index (χ1v) is 10.0. The summed E-state index contributed by atoms with van der Waals surface area (Å²) in [4.78, 5) is 11.5. The summed E-state index contributed by atoms with van der Waals surface area (Å²) in [6, 6.07) is 0. The van der Waals surface area contributed by atoms with Crippen LogP contribution in [0.25, 0.3) is 0 Å². The molecule has 0 aromatic carbocycles. The van der Waals surface area contributed by atoms with E-state index in [1.54, 1.807) is 7.11 Å². The molecule has 4 rings (SSSR count). The predicted octanol–water partition coefficient (Wildman–Crippen LogP) is 2.86. The van der Waals surface area contributed by atoms with Crippen LogP contribution in [0.4, 0.5) is 0 Å². The summed E-state index contributed by atoms with van der Waals surface area (Å²) in [5.41, 5.74) is 1.06. The lowest BCUT2D eigenvalue weighted by Gasteiger charge is -2.58. The number of fused-ring (bicyclic) bond motifs is 5. The van der Waals surface area contributed by atoms with E-state index >= 15 is 0 Å². The molecule has 0 spiro atoms. The fraction of sp³-hybridized carbons (Fsp3) is 0.857. The van der Waals surface area contributed by atoms with E-state index in [9.17, 15) is 9.90 Å². The minimum absolute atomic E-state index is 0.0280. The van der Waals surface area contributed by atoms with Gasteiger partial charge in [-0.15, -0.1) is 0 Å². The predicted molar refractivity (Wildman–Crippen MR) is 96.5 cm³/mol. The van der Waals surface area contributed by atoms with E-state index in [4.69, 9.17) is 14.2 Å². The van der Waals surface area contributed by atoms with Gasteiger partial charge in [0.05, 0.1) is 24.9 Å². The van der Waals surface area contributed by atoms with E-state index in [2.05, 4.69) is 19.9 Å². The number of hydrogen-bond acceptors (Lipinski definition) is 5. The maximum absolute atomic E-state index is 11.5. The van der Waals surface area contributed by atoms with Crippen LogP contribution in [-0.2, 0) is 19.0 Å². The van der Waals surface area contributed by atoms with E-state index < -0.39 is 6.10 Å². The summed E-state index contributed by atoms with van der Waals surface area (Å²) in [6.07, 6.45) is 6.54. The lowest BCUT2D eigenvalue weighted by Crippen LogP contribution is -2.61. The molecule has 2 saturated carbocycles. The van der Waals surface area contributed by atoms with Crippen LogP contribution in [0, 0.1) is 22.7 Å². The highest BCUT2D eigenvalue weighted by Crippen LogP contribution is 2.60. The van der Waals surface area contributed by atoms with Crippen molar-refractivity contribution in [1.82, 2.24) is 0 Å². The van der Waals surface area contributed by atoms with Gasteiger partial charge in [-0.05, 0) is 38.0 Å². The number of carbonyl (C=O) groups excluding carboxylic acids is 1. The summed E-state index contributed by atoms with van der Waals surface area (Å²) in [7, 11) is 1.77. The average Bonchev–Trinajstić information content (AvgIpc) is 2.91. The van der Waals surface area contributed by atoms with Gasteiger partial charge in [0.2, 0.25) is 0 Å². The third-order valence-corrected chi connectivity index (χ3v) is 7.91. The molecular formula is C21H32O5. The second-order valence-electron chi connectivity index (χ2n) is 9.30. The Balaban J connectivity index is 1.65. The summed E-state index contributed by atoms with van der Waals surface area (Å²) in [6.45, 7) is 6.54. The highest BCUT2D eigenvalue weighted by molar-refractivity contribution is 5.66. The van der Waals surface area contributed by atoms with Gasteiger partial charge in [-0.1, -0.05) is 25.5 Å². The number of esters is 1. The van der Waals surface area contributed by atoms with Crippen molar-refractivity contribution in [3.05, 3.63) is 11.6 Å². The lowest BCUT2D eigenvalue weighted by molar-refractivity contribution is -0.212. The third kappa shape index (κ3) is 2.58. The number of hydrogen-bond donors (Lipinski definition) is 1. The Morgan fingerprint density at radius 2 is 2.08 bits per heavy atom. The molecule has 4 unspecified atom stereocenters. The van der Waals surface area contributed by atoms with Crippen molar-refractivity contribution in [2.24, 2.45) is 22.7 Å². The smallest absolute Gasteiger partial charge is 0.302 e. The van der Waals surface area contributed by atoms with Gasteiger partial charge in [-0.2, -0.15) is 0 Å². The van der Waals surface area contributed by atoms with E-state index in [1.807, 2.05) is 0 Å². The van der Waals surface area contributed by atoms with E-state index in [-0.39, 0.29) is 41.0 Å². The molecule has 0 amide bonds. The normalized spacial score (nSPS) is 50.3. The van der Waals surface area contributed by atoms with Crippen LogP contribution in [-0.4, -0.2) is 49.2 Å². The molecular weight excluding hydrogens is 332 g/mol. The zero-order valence-corrected chi connectivity index (χ0v) is 16.4. The van der Waals surface area contributed by atoms with Crippen LogP contribution < -0.4 is 0 Å². The van der Waals surface area contributed by atoms with Crippen molar-refractivity contribution in [2.75, 3.05) is 13.7 Å². The number of carbonyl (C=O) groups is 1. The number of rotatable bonds is 2. The second-order valence-corrected chi connectivity index (χ2v) is 9.30. The largest absolute Gasteiger partial charge is 0.462 e. The van der Waals surface area contributed by atoms with Crippen LogP contribution >= 0.6 is 0 Å². The number of aliphatic hydroxyl groups excluding tert-OH is 1. The molecule has 146 valence electrons. The topological polar surface area (TPSA) is 65.0 Å². The van der Waals surface area contributed by atoms with Crippen molar-refractivity contribution in [2.45, 2.75) is 77.3 Å². The minimum Gasteiger partial charge on any atom is -0.462 e. The van der Waals surface area contributed by atoms with Gasteiger partial charge in [0.25, 0.3) is 0 Å². The SMILES string of the molecule is CO[C@H]1CC[C@@]2(C)C(=CC(O)C3C2OC[C@@]2(C)C3CC[C@@H]2OC(C)=O)C1. The Morgan fingerprint density at radius 3 is 2.77 bits per heavy atom. The molecule has 0 aromatic rings. The highest BCUT2D eigenvalue weighted by atomic mass is 16.5. The Hall–Kier alpha value is -0.910. The van der Waals surface area contributed by atoms with Gasteiger partial charge < -0.3 is 19.3 Å². The van der Waals surface area contributed by atoms with Gasteiger partial charge in [0.1, 0.15) is 6.10 Å². The van der Waals surface area contributed by atoms with Crippen LogP contribution in [0.1, 0.15) is 52.9 Å². The fourth-order valence-electron chi connectivity index (χ4n) is 6.38. The monoisotopic (exact) mass is 364 g/mol. The zero-order valence-electron chi connectivity index (χ0n) is 16.4. The van der Waals surface area contributed by atoms with Crippen LogP contribution in [0.5, 0.6) is 0 Å². The molecule has 0 bridgehead atoms. The standard InChI is InChI=1S/C21H32O5/c1-12(22)26-17-6-5-15-18-16(23)10-13-9-14(24-4)7-8-20(13,2)19(18)25-11-21(15,17)3/h10,14-19,23H,5-9,11H2,1-4H3/t14-,15?,16?,17-,18?,19?,20-,21-/m0/s1. The maximum atomic E-state index is 11.5. The number of aliphatic hydroxyl groups is 1. The van der Waals surface area contributed by atoms with Gasteiger partial charge >= 0.3 is 5.97 Å². The van der Waals surface area contributed by atoms with E-state index in [0.717, 1.165) is 32.1 Å². The van der Waals surface area contributed by atoms with Crippen molar-refractivity contribution in [3.8, 4) is 0 Å². The molecule has 5 heteroatoms. The van der Waals surface area contributed by atoms with Crippen molar-refractivity contribution in [1.29, 1.82) is 0 Å². The number of ether oxygens (including phenoxy) is 3. The summed E-state index contributed by atoms with van der Waals surface area (Å²) >= 11 is 0. The summed E-state index contributed by atoms with van der Waals surface area (Å²) < 4.78 is 17.7. The molecule has 1 aliphatic heterocycles. The van der Waals surface area contributed by atoms with Crippen LogP contribution in [0.15, 0.2) is 11.6 Å². The molecule has 4 aliphatic rings. The summed E-state index contributed by atoms with van der Waals surface area (Å²) in [5, 5.41) is 11.0. The van der Waals surface area contributed by atoms with Crippen LogP contribution in [0.2, 0.25) is 0 Å². The van der Waals surface area contributed by atoms with Gasteiger partial charge in [0, 0.05) is 30.8 Å². The minimum atomic E-state index is -0.501. The highest BCUT2D eigenvalue weighted by Gasteiger charge is 2.62. The van der Waals surface area contributed by atoms with E-state index in [1.165, 1.54) is 12.5 Å². The first-order valence-electron chi connectivity index (χ1n) is 10.0. The second kappa shape index (κ2) is 6.32. The van der Waals surface area contributed by atoms with Crippen molar-refractivity contribution >= 4 is 5.97 Å². The van der Waals surface area contributed by atoms with Crippen molar-refractivity contribution in [3.63, 3.8) is 0 Å². The molecule has 8 atom stereocenters. The van der Waals surface area contributed by atoms with Gasteiger partial charge in [-0.25, -0.2) is 0 Å². The Kier molecular flexibility index (Phi) is 4.48. The first-order chi connectivity index (χ1) is 12.3. The average molecular weight is 364 g/mol. The molecule has 1 N–H and O–H groups in total. The first kappa shape index (κ1) is 18.5. The molecule has 5 nitrogen and oxygen atoms in total.